The van der Waals surface area contributed by atoms with Gasteiger partial charge >= 0.3 is 5.97 Å². The summed E-state index contributed by atoms with van der Waals surface area (Å²) < 4.78 is 1.84. The number of aryl methyl sites for hydroxylation is 1. The summed E-state index contributed by atoms with van der Waals surface area (Å²) in [5, 5.41) is 9.10. The fraction of sp³-hybridized carbons (Fsp3) is 0.739. The van der Waals surface area contributed by atoms with Gasteiger partial charge in [-0.25, -0.2) is 4.79 Å². The first kappa shape index (κ1) is 18.0. The van der Waals surface area contributed by atoms with Crippen LogP contribution in [0, 0.1) is 22.7 Å². The first-order valence-corrected chi connectivity index (χ1v) is 10.4. The van der Waals surface area contributed by atoms with Crippen LogP contribution in [0.25, 0.3) is 0 Å². The largest absolute Gasteiger partial charge is 0.477 e. The summed E-state index contributed by atoms with van der Waals surface area (Å²) in [5.74, 6) is 0.812. The van der Waals surface area contributed by atoms with E-state index in [0.717, 1.165) is 18.3 Å². The Morgan fingerprint density at radius 3 is 2.65 bits per heavy atom. The highest BCUT2D eigenvalue weighted by Crippen LogP contribution is 2.66. The lowest BCUT2D eigenvalue weighted by Crippen LogP contribution is -2.58. The Morgan fingerprint density at radius 2 is 1.92 bits per heavy atom. The monoisotopic (exact) mass is 356 g/mol. The molecular formula is C23H34NO2+. The molecule has 1 aromatic heterocycles. The molecule has 4 rings (SSSR count). The van der Waals surface area contributed by atoms with Crippen molar-refractivity contribution in [3.05, 3.63) is 29.6 Å². The van der Waals surface area contributed by atoms with Crippen LogP contribution in [-0.4, -0.2) is 11.1 Å². The van der Waals surface area contributed by atoms with Crippen molar-refractivity contribution in [2.45, 2.75) is 84.6 Å². The second-order valence-corrected chi connectivity index (χ2v) is 10.4. The summed E-state index contributed by atoms with van der Waals surface area (Å²) in [6, 6.07) is 2.24. The SMILES string of the molecule is CC1(C)CCC[C@@]2(C)C1CC[C@@]1(C)c3cc[n+](CC(=O)O)cc3CCC21. The molecule has 2 unspecified atom stereocenters. The lowest BCUT2D eigenvalue weighted by molar-refractivity contribution is -0.686. The molecule has 4 atom stereocenters. The molecule has 2 fully saturated rings. The number of hydrogen-bond donors (Lipinski definition) is 1. The minimum atomic E-state index is -0.771. The second-order valence-electron chi connectivity index (χ2n) is 10.4. The molecule has 0 radical (unpaired) electrons. The zero-order chi connectivity index (χ0) is 18.7. The van der Waals surface area contributed by atoms with E-state index in [1.54, 1.807) is 0 Å². The van der Waals surface area contributed by atoms with Crippen molar-refractivity contribution < 1.29 is 14.5 Å². The molecule has 0 spiro atoms. The molecule has 0 saturated heterocycles. The summed E-state index contributed by atoms with van der Waals surface area (Å²) in [6.07, 6.45) is 13.2. The van der Waals surface area contributed by atoms with Crippen LogP contribution in [0.5, 0.6) is 0 Å². The van der Waals surface area contributed by atoms with Gasteiger partial charge in [0.15, 0.2) is 12.4 Å². The first-order valence-electron chi connectivity index (χ1n) is 10.4. The highest BCUT2D eigenvalue weighted by molar-refractivity contribution is 5.64. The van der Waals surface area contributed by atoms with E-state index in [-0.39, 0.29) is 12.0 Å². The Labute approximate surface area is 157 Å². The third-order valence-electron chi connectivity index (χ3n) is 8.53. The zero-order valence-corrected chi connectivity index (χ0v) is 16.8. The third-order valence-corrected chi connectivity index (χ3v) is 8.53. The Kier molecular flexibility index (Phi) is 4.02. The highest BCUT2D eigenvalue weighted by Gasteiger charge is 2.59. The molecule has 1 heterocycles. The van der Waals surface area contributed by atoms with Crippen molar-refractivity contribution in [3.8, 4) is 0 Å². The number of aliphatic carboxylic acids is 1. The van der Waals surface area contributed by atoms with E-state index in [4.69, 9.17) is 5.11 Å². The lowest BCUT2D eigenvalue weighted by Gasteiger charge is -2.64. The molecule has 142 valence electrons. The molecule has 0 bridgehead atoms. The van der Waals surface area contributed by atoms with Crippen LogP contribution in [-0.2, 0) is 23.2 Å². The van der Waals surface area contributed by atoms with Crippen molar-refractivity contribution in [3.63, 3.8) is 0 Å². The normalized spacial score (nSPS) is 38.0. The van der Waals surface area contributed by atoms with Crippen LogP contribution in [0.3, 0.4) is 0 Å². The standard InChI is InChI=1S/C23H33NO2/c1-21(2)10-5-11-23(4)18(21)8-12-22(3)17-9-13-24(15-20(25)26)14-16(17)6-7-19(22)23/h9,13-14,18-19H,5-8,10-12,15H2,1-4H3/p+1/t18?,19?,22-,23-/m0/s1. The molecule has 3 aliphatic carbocycles. The minimum Gasteiger partial charge on any atom is -0.477 e. The predicted molar refractivity (Wildman–Crippen MR) is 102 cm³/mol. The molecule has 0 aromatic carbocycles. The first-order chi connectivity index (χ1) is 12.2. The van der Waals surface area contributed by atoms with Crippen LogP contribution in [0.4, 0.5) is 0 Å². The third kappa shape index (κ3) is 2.53. The van der Waals surface area contributed by atoms with Crippen LogP contribution in [0.1, 0.15) is 77.3 Å². The summed E-state index contributed by atoms with van der Waals surface area (Å²) >= 11 is 0. The molecular weight excluding hydrogens is 322 g/mol. The van der Waals surface area contributed by atoms with E-state index in [1.807, 2.05) is 10.8 Å². The molecule has 3 nitrogen and oxygen atoms in total. The number of carbonyl (C=O) groups is 1. The lowest BCUT2D eigenvalue weighted by atomic mass is 9.41. The summed E-state index contributed by atoms with van der Waals surface area (Å²) in [5.41, 5.74) is 4.03. The second kappa shape index (κ2) is 5.81. The highest BCUT2D eigenvalue weighted by atomic mass is 16.4. The molecule has 1 aromatic rings. The van der Waals surface area contributed by atoms with Crippen LogP contribution in [0.15, 0.2) is 18.5 Å². The molecule has 1 N–H and O–H groups in total. The van der Waals surface area contributed by atoms with Gasteiger partial charge in [-0.3, -0.25) is 0 Å². The maximum atomic E-state index is 11.1. The molecule has 0 aliphatic heterocycles. The van der Waals surface area contributed by atoms with E-state index in [1.165, 1.54) is 49.7 Å². The molecule has 0 amide bonds. The summed E-state index contributed by atoms with van der Waals surface area (Å²) in [6.45, 7) is 10.2. The number of pyridine rings is 1. The smallest absolute Gasteiger partial charge is 0.370 e. The van der Waals surface area contributed by atoms with Gasteiger partial charge in [-0.05, 0) is 72.2 Å². The van der Waals surface area contributed by atoms with Crippen LogP contribution in [0.2, 0.25) is 0 Å². The number of carboxylic acids is 1. The van der Waals surface area contributed by atoms with Crippen molar-refractivity contribution in [1.29, 1.82) is 0 Å². The Bertz CT molecular complexity index is 740. The van der Waals surface area contributed by atoms with E-state index in [2.05, 4.69) is 40.0 Å². The van der Waals surface area contributed by atoms with Gasteiger partial charge in [0.1, 0.15) is 0 Å². The quantitative estimate of drug-likeness (QED) is 0.792. The number of carboxylic acid groups (broad SMARTS) is 1. The number of rotatable bonds is 2. The summed E-state index contributed by atoms with van der Waals surface area (Å²) in [4.78, 5) is 11.1. The molecule has 2 saturated carbocycles. The topological polar surface area (TPSA) is 41.2 Å². The summed E-state index contributed by atoms with van der Waals surface area (Å²) in [7, 11) is 0. The van der Waals surface area contributed by atoms with Crippen molar-refractivity contribution in [2.24, 2.45) is 22.7 Å². The molecule has 3 aliphatic rings. The predicted octanol–water partition coefficient (Wildman–Crippen LogP) is 4.51. The van der Waals surface area contributed by atoms with Gasteiger partial charge in [-0.1, -0.05) is 34.1 Å². The van der Waals surface area contributed by atoms with E-state index < -0.39 is 5.97 Å². The Morgan fingerprint density at radius 1 is 1.15 bits per heavy atom. The van der Waals surface area contributed by atoms with E-state index >= 15 is 0 Å². The van der Waals surface area contributed by atoms with Gasteiger partial charge in [0.25, 0.3) is 0 Å². The number of nitrogens with zero attached hydrogens (tertiary/aromatic N) is 1. The van der Waals surface area contributed by atoms with Crippen LogP contribution < -0.4 is 4.57 Å². The van der Waals surface area contributed by atoms with Gasteiger partial charge in [0.2, 0.25) is 6.54 Å². The van der Waals surface area contributed by atoms with Gasteiger partial charge in [0, 0.05) is 11.6 Å². The van der Waals surface area contributed by atoms with Crippen molar-refractivity contribution >= 4 is 5.97 Å². The van der Waals surface area contributed by atoms with E-state index in [0.29, 0.717) is 10.8 Å². The maximum absolute atomic E-state index is 11.1. The number of fused-ring (bicyclic) bond motifs is 5. The van der Waals surface area contributed by atoms with E-state index in [9.17, 15) is 4.79 Å². The fourth-order valence-corrected chi connectivity index (χ4v) is 7.52. The van der Waals surface area contributed by atoms with Crippen molar-refractivity contribution in [1.82, 2.24) is 0 Å². The van der Waals surface area contributed by atoms with Gasteiger partial charge in [-0.15, -0.1) is 0 Å². The average molecular weight is 357 g/mol. The van der Waals surface area contributed by atoms with Crippen molar-refractivity contribution in [2.75, 3.05) is 0 Å². The Hall–Kier alpha value is -1.38. The van der Waals surface area contributed by atoms with Gasteiger partial charge < -0.3 is 5.11 Å². The minimum absolute atomic E-state index is 0.0569. The number of hydrogen-bond acceptors (Lipinski definition) is 1. The molecule has 3 heteroatoms. The zero-order valence-electron chi connectivity index (χ0n) is 16.8. The number of aromatic nitrogens is 1. The maximum Gasteiger partial charge on any atom is 0.370 e. The molecule has 26 heavy (non-hydrogen) atoms. The Balaban J connectivity index is 1.73. The van der Waals surface area contributed by atoms with Crippen LogP contribution >= 0.6 is 0 Å². The average Bonchev–Trinajstić information content (AvgIpc) is 2.52. The van der Waals surface area contributed by atoms with Gasteiger partial charge in [0.05, 0.1) is 0 Å². The fourth-order valence-electron chi connectivity index (χ4n) is 7.52. The van der Waals surface area contributed by atoms with Gasteiger partial charge in [-0.2, -0.15) is 4.57 Å².